The van der Waals surface area contributed by atoms with Crippen molar-refractivity contribution in [3.8, 4) is 0 Å². The summed E-state index contributed by atoms with van der Waals surface area (Å²) in [4.78, 5) is 26.2. The molecule has 3 atom stereocenters. The number of carboxylic acids is 1. The largest absolute Gasteiger partial charge is 0.480 e. The van der Waals surface area contributed by atoms with E-state index in [4.69, 9.17) is 9.84 Å². The van der Waals surface area contributed by atoms with Gasteiger partial charge in [-0.3, -0.25) is 0 Å². The fourth-order valence-corrected chi connectivity index (χ4v) is 1.95. The van der Waals surface area contributed by atoms with Gasteiger partial charge in [0.05, 0.1) is 18.8 Å². The van der Waals surface area contributed by atoms with Crippen molar-refractivity contribution in [1.29, 1.82) is 0 Å². The Morgan fingerprint density at radius 2 is 2.17 bits per heavy atom. The van der Waals surface area contributed by atoms with Gasteiger partial charge < -0.3 is 19.6 Å². The average Bonchev–Trinajstić information content (AvgIpc) is 2.35. The highest BCUT2D eigenvalue weighted by Gasteiger charge is 2.33. The lowest BCUT2D eigenvalue weighted by molar-refractivity contribution is -0.141. The van der Waals surface area contributed by atoms with E-state index >= 15 is 0 Å². The van der Waals surface area contributed by atoms with Gasteiger partial charge in [0.15, 0.2) is 0 Å². The molecule has 0 saturated carbocycles. The van der Waals surface area contributed by atoms with Gasteiger partial charge in [0.1, 0.15) is 6.04 Å². The van der Waals surface area contributed by atoms with Crippen LogP contribution in [0.5, 0.6) is 0 Å². The monoisotopic (exact) mass is 258 g/mol. The number of likely N-dealkylation sites (N-methyl/N-ethyl adjacent to an activating group) is 1. The molecule has 0 aliphatic carbocycles. The van der Waals surface area contributed by atoms with Crippen LogP contribution in [0.25, 0.3) is 0 Å². The van der Waals surface area contributed by atoms with Crippen LogP contribution >= 0.6 is 0 Å². The number of amides is 2. The Hall–Kier alpha value is -1.30. The average molecular weight is 258 g/mol. The van der Waals surface area contributed by atoms with Gasteiger partial charge in [-0.2, -0.15) is 0 Å². The van der Waals surface area contributed by atoms with Crippen molar-refractivity contribution in [2.24, 2.45) is 0 Å². The minimum atomic E-state index is -1.000. The van der Waals surface area contributed by atoms with Crippen LogP contribution in [0.3, 0.4) is 0 Å². The third kappa shape index (κ3) is 3.13. The number of hydrogen-bond donors (Lipinski definition) is 1. The molecule has 6 nitrogen and oxygen atoms in total. The van der Waals surface area contributed by atoms with Crippen molar-refractivity contribution in [2.45, 2.75) is 45.4 Å². The molecule has 1 aliphatic rings. The second-order valence-corrected chi connectivity index (χ2v) is 4.77. The lowest BCUT2D eigenvalue weighted by atomic mass is 10.1. The molecule has 1 fully saturated rings. The lowest BCUT2D eigenvalue weighted by Gasteiger charge is -2.40. The molecule has 0 bridgehead atoms. The number of urea groups is 1. The van der Waals surface area contributed by atoms with Crippen LogP contribution in [-0.4, -0.2) is 65.3 Å². The zero-order valence-corrected chi connectivity index (χ0v) is 11.4. The number of nitrogens with zero attached hydrogens (tertiary/aromatic N) is 2. The maximum absolute atomic E-state index is 12.3. The van der Waals surface area contributed by atoms with Crippen molar-refractivity contribution in [1.82, 2.24) is 9.80 Å². The van der Waals surface area contributed by atoms with Gasteiger partial charge in [0, 0.05) is 13.6 Å². The highest BCUT2D eigenvalue weighted by atomic mass is 16.5. The van der Waals surface area contributed by atoms with Crippen molar-refractivity contribution >= 4 is 12.0 Å². The van der Waals surface area contributed by atoms with Gasteiger partial charge in [-0.05, 0) is 20.3 Å². The van der Waals surface area contributed by atoms with E-state index in [1.54, 1.807) is 4.90 Å². The zero-order valence-electron chi connectivity index (χ0n) is 11.4. The fourth-order valence-electron chi connectivity index (χ4n) is 1.95. The molecule has 18 heavy (non-hydrogen) atoms. The molecule has 2 amide bonds. The summed E-state index contributed by atoms with van der Waals surface area (Å²) < 4.78 is 5.52. The Balaban J connectivity index is 2.76. The van der Waals surface area contributed by atoms with Crippen molar-refractivity contribution in [3.63, 3.8) is 0 Å². The van der Waals surface area contributed by atoms with E-state index in [2.05, 4.69) is 0 Å². The predicted molar refractivity (Wildman–Crippen MR) is 66.5 cm³/mol. The van der Waals surface area contributed by atoms with E-state index in [1.165, 1.54) is 18.9 Å². The molecule has 1 N–H and O–H groups in total. The molecule has 1 heterocycles. The minimum absolute atomic E-state index is 0.00900. The highest BCUT2D eigenvalue weighted by molar-refractivity contribution is 5.82. The molecule has 0 aromatic rings. The van der Waals surface area contributed by atoms with Gasteiger partial charge in [0.2, 0.25) is 0 Å². The maximum Gasteiger partial charge on any atom is 0.326 e. The van der Waals surface area contributed by atoms with Crippen molar-refractivity contribution < 1.29 is 19.4 Å². The van der Waals surface area contributed by atoms with Crippen molar-refractivity contribution in [2.75, 3.05) is 20.2 Å². The third-order valence-corrected chi connectivity index (χ3v) is 3.42. The lowest BCUT2D eigenvalue weighted by Crippen LogP contribution is -2.57. The Morgan fingerprint density at radius 3 is 2.67 bits per heavy atom. The Kier molecular flexibility index (Phi) is 4.95. The number of hydrogen-bond acceptors (Lipinski definition) is 3. The second kappa shape index (κ2) is 6.04. The topological polar surface area (TPSA) is 70.1 Å². The van der Waals surface area contributed by atoms with Crippen LogP contribution in [0, 0.1) is 0 Å². The van der Waals surface area contributed by atoms with Crippen LogP contribution < -0.4 is 0 Å². The fraction of sp³-hybridized carbons (Fsp3) is 0.833. The normalized spacial score (nSPS) is 25.7. The van der Waals surface area contributed by atoms with E-state index in [9.17, 15) is 9.59 Å². The Bertz CT molecular complexity index is 321. The van der Waals surface area contributed by atoms with E-state index < -0.39 is 12.0 Å². The van der Waals surface area contributed by atoms with Gasteiger partial charge in [-0.1, -0.05) is 6.92 Å². The molecular formula is C12H22N2O4. The van der Waals surface area contributed by atoms with Crippen LogP contribution in [0.2, 0.25) is 0 Å². The maximum atomic E-state index is 12.3. The van der Waals surface area contributed by atoms with Gasteiger partial charge >= 0.3 is 12.0 Å². The molecule has 0 radical (unpaired) electrons. The van der Waals surface area contributed by atoms with Crippen LogP contribution in [-0.2, 0) is 9.53 Å². The summed E-state index contributed by atoms with van der Waals surface area (Å²) in [7, 11) is 1.52. The summed E-state index contributed by atoms with van der Waals surface area (Å²) in [5.74, 6) is -1.000. The first-order valence-corrected chi connectivity index (χ1v) is 6.26. The van der Waals surface area contributed by atoms with Gasteiger partial charge in [-0.25, -0.2) is 9.59 Å². The smallest absolute Gasteiger partial charge is 0.326 e. The Morgan fingerprint density at radius 1 is 1.56 bits per heavy atom. The molecule has 1 rings (SSSR count). The summed E-state index contributed by atoms with van der Waals surface area (Å²) >= 11 is 0. The minimum Gasteiger partial charge on any atom is -0.480 e. The van der Waals surface area contributed by atoms with Crippen molar-refractivity contribution in [3.05, 3.63) is 0 Å². The predicted octanol–water partition coefficient (Wildman–Crippen LogP) is 1.01. The molecular weight excluding hydrogens is 236 g/mol. The summed E-state index contributed by atoms with van der Waals surface area (Å²) in [5.41, 5.74) is 0. The standard InChI is InChI=1S/C12H22N2O4/c1-5-10-7-18-8(2)6-14(10)12(17)13(4)9(3)11(15)16/h8-10H,5-7H2,1-4H3,(H,15,16). The molecule has 104 valence electrons. The number of ether oxygens (including phenoxy) is 1. The number of aliphatic carboxylic acids is 1. The second-order valence-electron chi connectivity index (χ2n) is 4.77. The summed E-state index contributed by atoms with van der Waals surface area (Å²) in [6.45, 7) is 6.43. The summed E-state index contributed by atoms with van der Waals surface area (Å²) in [6, 6.07) is -1.04. The molecule has 1 saturated heterocycles. The van der Waals surface area contributed by atoms with E-state index in [0.29, 0.717) is 13.2 Å². The van der Waals surface area contributed by atoms with Gasteiger partial charge in [-0.15, -0.1) is 0 Å². The summed E-state index contributed by atoms with van der Waals surface area (Å²) in [5, 5.41) is 8.94. The quantitative estimate of drug-likeness (QED) is 0.820. The number of carbonyl (C=O) groups is 2. The Labute approximate surface area is 107 Å². The van der Waals surface area contributed by atoms with E-state index in [1.807, 2.05) is 13.8 Å². The number of carboxylic acid groups (broad SMARTS) is 1. The summed E-state index contributed by atoms with van der Waals surface area (Å²) in [6.07, 6.45) is 0.790. The van der Waals surface area contributed by atoms with Crippen LogP contribution in [0.15, 0.2) is 0 Å². The molecule has 1 aliphatic heterocycles. The SMILES string of the molecule is CCC1COC(C)CN1C(=O)N(C)C(C)C(=O)O. The highest BCUT2D eigenvalue weighted by Crippen LogP contribution is 2.17. The zero-order chi connectivity index (χ0) is 13.9. The number of rotatable bonds is 3. The van der Waals surface area contributed by atoms with Gasteiger partial charge in [0.25, 0.3) is 0 Å². The molecule has 0 aromatic carbocycles. The molecule has 0 aromatic heterocycles. The molecule has 0 spiro atoms. The van der Waals surface area contributed by atoms with E-state index in [-0.39, 0.29) is 18.2 Å². The third-order valence-electron chi connectivity index (χ3n) is 3.42. The first-order valence-electron chi connectivity index (χ1n) is 6.26. The first-order chi connectivity index (χ1) is 8.38. The molecule has 6 heteroatoms. The van der Waals surface area contributed by atoms with Crippen LogP contribution in [0.4, 0.5) is 4.79 Å². The number of morpholine rings is 1. The number of carbonyl (C=O) groups excluding carboxylic acids is 1. The molecule has 3 unspecified atom stereocenters. The van der Waals surface area contributed by atoms with E-state index in [0.717, 1.165) is 6.42 Å². The first kappa shape index (κ1) is 14.8. The van der Waals surface area contributed by atoms with Crippen LogP contribution in [0.1, 0.15) is 27.2 Å².